The first-order valence-electron chi connectivity index (χ1n) is 5.27. The predicted octanol–water partition coefficient (Wildman–Crippen LogP) is 1.27. The Labute approximate surface area is 106 Å². The summed E-state index contributed by atoms with van der Waals surface area (Å²) in [7, 11) is 0. The smallest absolute Gasteiger partial charge is 0.249 e. The van der Waals surface area contributed by atoms with Gasteiger partial charge < -0.3 is 0 Å². The van der Waals surface area contributed by atoms with Crippen LogP contribution in [-0.2, 0) is 0 Å². The Hall–Kier alpha value is -2.15. The molecule has 3 aromatic rings. The second kappa shape index (κ2) is 4.26. The van der Waals surface area contributed by atoms with Gasteiger partial charge in [-0.25, -0.2) is 14.9 Å². The standard InChI is InChI=1S/C11H9N5OS/c1-7-2-4-9(12-6-7)18-10-5-3-8-13-14-11(17)16(8)15-10/h2-6H,1H3,(H,14,17). The molecule has 7 heteroatoms. The second-order valence-corrected chi connectivity index (χ2v) is 4.79. The molecule has 18 heavy (non-hydrogen) atoms. The number of hydrogen-bond acceptors (Lipinski definition) is 5. The van der Waals surface area contributed by atoms with Gasteiger partial charge in [-0.2, -0.15) is 14.7 Å². The third kappa shape index (κ3) is 2.00. The number of aryl methyl sites for hydroxylation is 1. The molecule has 0 unspecified atom stereocenters. The number of H-pyrrole nitrogens is 1. The lowest BCUT2D eigenvalue weighted by Crippen LogP contribution is -2.12. The summed E-state index contributed by atoms with van der Waals surface area (Å²) in [5.41, 5.74) is 1.26. The number of fused-ring (bicyclic) bond motifs is 1. The molecule has 3 heterocycles. The summed E-state index contributed by atoms with van der Waals surface area (Å²) in [4.78, 5) is 15.7. The Kier molecular flexibility index (Phi) is 2.60. The van der Waals surface area contributed by atoms with E-state index in [0.717, 1.165) is 10.6 Å². The minimum absolute atomic E-state index is 0.343. The Balaban J connectivity index is 1.97. The Morgan fingerprint density at radius 2 is 2.06 bits per heavy atom. The Bertz CT molecular complexity index is 746. The van der Waals surface area contributed by atoms with E-state index in [1.807, 2.05) is 25.1 Å². The average Bonchev–Trinajstić information content (AvgIpc) is 2.74. The first-order valence-corrected chi connectivity index (χ1v) is 6.09. The highest BCUT2D eigenvalue weighted by atomic mass is 32.2. The van der Waals surface area contributed by atoms with Crippen molar-refractivity contribution in [1.82, 2.24) is 24.8 Å². The van der Waals surface area contributed by atoms with Crippen LogP contribution in [0.2, 0.25) is 0 Å². The van der Waals surface area contributed by atoms with Crippen molar-refractivity contribution < 1.29 is 0 Å². The number of nitrogens with one attached hydrogen (secondary N) is 1. The van der Waals surface area contributed by atoms with E-state index < -0.39 is 0 Å². The minimum atomic E-state index is -0.343. The van der Waals surface area contributed by atoms with Crippen LogP contribution in [-0.4, -0.2) is 24.8 Å². The van der Waals surface area contributed by atoms with Crippen LogP contribution in [0.15, 0.2) is 45.3 Å². The largest absolute Gasteiger partial charge is 0.364 e. The fourth-order valence-corrected chi connectivity index (χ4v) is 2.18. The molecule has 3 aromatic heterocycles. The summed E-state index contributed by atoms with van der Waals surface area (Å²) in [6.07, 6.45) is 1.80. The molecule has 0 aromatic carbocycles. The van der Waals surface area contributed by atoms with Gasteiger partial charge in [-0.3, -0.25) is 0 Å². The van der Waals surface area contributed by atoms with Crippen LogP contribution in [0.5, 0.6) is 0 Å². The molecule has 0 amide bonds. The quantitative estimate of drug-likeness (QED) is 0.750. The molecule has 0 fully saturated rings. The Morgan fingerprint density at radius 3 is 2.83 bits per heavy atom. The number of aromatic amines is 1. The number of pyridine rings is 1. The number of rotatable bonds is 2. The first-order chi connectivity index (χ1) is 8.72. The number of aromatic nitrogens is 5. The summed E-state index contributed by atoms with van der Waals surface area (Å²) < 4.78 is 1.23. The van der Waals surface area contributed by atoms with Gasteiger partial charge in [-0.05, 0) is 42.4 Å². The highest BCUT2D eigenvalue weighted by molar-refractivity contribution is 7.99. The fraction of sp³-hybridized carbons (Fsp3) is 0.0909. The topological polar surface area (TPSA) is 75.9 Å². The predicted molar refractivity (Wildman–Crippen MR) is 66.7 cm³/mol. The van der Waals surface area contributed by atoms with Crippen LogP contribution in [0, 0.1) is 6.92 Å². The maximum absolute atomic E-state index is 11.4. The monoisotopic (exact) mass is 259 g/mol. The van der Waals surface area contributed by atoms with Gasteiger partial charge in [-0.15, -0.1) is 0 Å². The van der Waals surface area contributed by atoms with E-state index in [9.17, 15) is 4.79 Å². The zero-order valence-electron chi connectivity index (χ0n) is 9.49. The number of nitrogens with zero attached hydrogens (tertiary/aromatic N) is 4. The molecule has 0 aliphatic heterocycles. The summed E-state index contributed by atoms with van der Waals surface area (Å²) in [5, 5.41) is 11.9. The lowest BCUT2D eigenvalue weighted by molar-refractivity contribution is 0.819. The van der Waals surface area contributed by atoms with Crippen LogP contribution in [0.4, 0.5) is 0 Å². The average molecular weight is 259 g/mol. The van der Waals surface area contributed by atoms with E-state index in [0.29, 0.717) is 10.7 Å². The maximum atomic E-state index is 11.4. The maximum Gasteiger partial charge on any atom is 0.364 e. The van der Waals surface area contributed by atoms with Gasteiger partial charge in [0.15, 0.2) is 5.65 Å². The van der Waals surface area contributed by atoms with Gasteiger partial charge in [-0.1, -0.05) is 6.07 Å². The molecule has 1 N–H and O–H groups in total. The van der Waals surface area contributed by atoms with Crippen molar-refractivity contribution >= 4 is 17.4 Å². The summed E-state index contributed by atoms with van der Waals surface area (Å²) in [6.45, 7) is 1.98. The van der Waals surface area contributed by atoms with Crippen LogP contribution in [0.25, 0.3) is 5.65 Å². The van der Waals surface area contributed by atoms with Gasteiger partial charge in [0, 0.05) is 6.20 Å². The van der Waals surface area contributed by atoms with Crippen molar-refractivity contribution in [3.05, 3.63) is 46.5 Å². The third-order valence-corrected chi connectivity index (χ3v) is 3.22. The molecule has 0 atom stereocenters. The lowest BCUT2D eigenvalue weighted by atomic mass is 10.3. The van der Waals surface area contributed by atoms with Crippen LogP contribution < -0.4 is 5.69 Å². The summed E-state index contributed by atoms with van der Waals surface area (Å²) in [6, 6.07) is 7.45. The molecule has 0 radical (unpaired) electrons. The Morgan fingerprint density at radius 1 is 1.22 bits per heavy atom. The van der Waals surface area contributed by atoms with Gasteiger partial charge in [0.1, 0.15) is 10.1 Å². The molecule has 0 saturated heterocycles. The van der Waals surface area contributed by atoms with E-state index in [4.69, 9.17) is 0 Å². The van der Waals surface area contributed by atoms with Gasteiger partial charge in [0.25, 0.3) is 0 Å². The second-order valence-electron chi connectivity index (χ2n) is 3.75. The first kappa shape index (κ1) is 11.0. The molecular weight excluding hydrogens is 250 g/mol. The van der Waals surface area contributed by atoms with Gasteiger partial charge in [0.05, 0.1) is 0 Å². The van der Waals surface area contributed by atoms with Crippen molar-refractivity contribution in [2.75, 3.05) is 0 Å². The van der Waals surface area contributed by atoms with E-state index in [-0.39, 0.29) is 5.69 Å². The number of hydrogen-bond donors (Lipinski definition) is 1. The molecule has 0 spiro atoms. The van der Waals surface area contributed by atoms with E-state index in [2.05, 4.69) is 20.3 Å². The van der Waals surface area contributed by atoms with E-state index in [1.54, 1.807) is 12.3 Å². The molecule has 0 aliphatic carbocycles. The summed E-state index contributed by atoms with van der Waals surface area (Å²) >= 11 is 1.40. The highest BCUT2D eigenvalue weighted by Gasteiger charge is 2.05. The van der Waals surface area contributed by atoms with Crippen molar-refractivity contribution in [3.63, 3.8) is 0 Å². The van der Waals surface area contributed by atoms with Gasteiger partial charge >= 0.3 is 5.69 Å². The molecule has 3 rings (SSSR count). The van der Waals surface area contributed by atoms with Gasteiger partial charge in [0.2, 0.25) is 0 Å². The zero-order valence-corrected chi connectivity index (χ0v) is 10.3. The molecule has 0 aliphatic rings. The van der Waals surface area contributed by atoms with Crippen molar-refractivity contribution in [1.29, 1.82) is 0 Å². The van der Waals surface area contributed by atoms with Crippen molar-refractivity contribution in [2.24, 2.45) is 0 Å². The summed E-state index contributed by atoms with van der Waals surface area (Å²) in [5.74, 6) is 0. The molecule has 90 valence electrons. The highest BCUT2D eigenvalue weighted by Crippen LogP contribution is 2.23. The molecule has 6 nitrogen and oxygen atoms in total. The molecule has 0 saturated carbocycles. The van der Waals surface area contributed by atoms with E-state index in [1.165, 1.54) is 16.3 Å². The van der Waals surface area contributed by atoms with Crippen molar-refractivity contribution in [2.45, 2.75) is 17.0 Å². The van der Waals surface area contributed by atoms with E-state index >= 15 is 0 Å². The third-order valence-electron chi connectivity index (χ3n) is 2.34. The minimum Gasteiger partial charge on any atom is -0.249 e. The van der Waals surface area contributed by atoms with Crippen molar-refractivity contribution in [3.8, 4) is 0 Å². The molecule has 0 bridgehead atoms. The normalized spacial score (nSPS) is 10.9. The van der Waals surface area contributed by atoms with Crippen LogP contribution in [0.3, 0.4) is 0 Å². The van der Waals surface area contributed by atoms with Crippen LogP contribution in [0.1, 0.15) is 5.56 Å². The lowest BCUT2D eigenvalue weighted by Gasteiger charge is -2.00. The molecular formula is C11H9N5OS. The SMILES string of the molecule is Cc1ccc(Sc2ccc3n[nH]c(=O)n3n2)nc1. The fourth-order valence-electron chi connectivity index (χ4n) is 1.46. The zero-order chi connectivity index (χ0) is 12.5. The van der Waals surface area contributed by atoms with Crippen LogP contribution >= 0.6 is 11.8 Å².